The minimum Gasteiger partial charge on any atom is -0.361 e. The molecule has 1 aliphatic carbocycles. The Morgan fingerprint density at radius 2 is 2.00 bits per heavy atom. The molecule has 0 bridgehead atoms. The quantitative estimate of drug-likeness (QED) is 0.827. The maximum absolute atomic E-state index is 12.7. The minimum atomic E-state index is -4.31. The molecule has 0 aliphatic heterocycles. The van der Waals surface area contributed by atoms with Crippen LogP contribution >= 0.6 is 11.3 Å². The van der Waals surface area contributed by atoms with Crippen molar-refractivity contribution < 1.29 is 13.2 Å². The topological polar surface area (TPSA) is 24.9 Å². The van der Waals surface area contributed by atoms with E-state index in [0.717, 1.165) is 35.7 Å². The lowest BCUT2D eigenvalue weighted by atomic mass is 10.0. The fourth-order valence-electron chi connectivity index (χ4n) is 2.86. The van der Waals surface area contributed by atoms with E-state index in [0.29, 0.717) is 10.6 Å². The van der Waals surface area contributed by atoms with Gasteiger partial charge in [0.05, 0.1) is 15.8 Å². The Morgan fingerprint density at radius 3 is 2.71 bits per heavy atom. The third-order valence-electron chi connectivity index (χ3n) is 4.02. The van der Waals surface area contributed by atoms with Gasteiger partial charge in [-0.15, -0.1) is 0 Å². The highest BCUT2D eigenvalue weighted by Gasteiger charge is 2.30. The second-order valence-electron chi connectivity index (χ2n) is 5.57. The van der Waals surface area contributed by atoms with Crippen LogP contribution in [0.15, 0.2) is 18.2 Å². The molecule has 114 valence electrons. The monoisotopic (exact) mass is 314 g/mol. The highest BCUT2D eigenvalue weighted by molar-refractivity contribution is 7.22. The largest absolute Gasteiger partial charge is 0.416 e. The first-order valence-corrected chi connectivity index (χ1v) is 8.06. The number of nitrogens with one attached hydrogen (secondary N) is 1. The lowest BCUT2D eigenvalue weighted by molar-refractivity contribution is -0.137. The second kappa shape index (κ2) is 5.83. The number of fused-ring (bicyclic) bond motifs is 1. The Hall–Kier alpha value is -1.30. The molecule has 6 heteroatoms. The normalized spacial score (nSPS) is 16.7. The third-order valence-corrected chi connectivity index (χ3v) is 5.01. The molecule has 1 aliphatic rings. The lowest BCUT2D eigenvalue weighted by Crippen LogP contribution is -2.06. The van der Waals surface area contributed by atoms with Gasteiger partial charge in [0.15, 0.2) is 5.13 Å². The molecule has 0 radical (unpaired) electrons. The Kier molecular flexibility index (Phi) is 4.06. The number of rotatable bonds is 4. The second-order valence-corrected chi connectivity index (χ2v) is 6.60. The van der Waals surface area contributed by atoms with E-state index in [-0.39, 0.29) is 0 Å². The zero-order valence-electron chi connectivity index (χ0n) is 11.5. The van der Waals surface area contributed by atoms with Crippen LogP contribution in [0.4, 0.5) is 18.3 Å². The van der Waals surface area contributed by atoms with E-state index in [1.54, 1.807) is 0 Å². The zero-order valence-corrected chi connectivity index (χ0v) is 12.4. The third kappa shape index (κ3) is 3.48. The first kappa shape index (κ1) is 14.6. The maximum atomic E-state index is 12.7. The molecule has 1 fully saturated rings. The summed E-state index contributed by atoms with van der Waals surface area (Å²) < 4.78 is 38.8. The van der Waals surface area contributed by atoms with Crippen LogP contribution in [0.3, 0.4) is 0 Å². The van der Waals surface area contributed by atoms with E-state index >= 15 is 0 Å². The molecule has 1 N–H and O–H groups in total. The van der Waals surface area contributed by atoms with Crippen molar-refractivity contribution in [1.82, 2.24) is 4.98 Å². The molecule has 1 saturated carbocycles. The van der Waals surface area contributed by atoms with Crippen LogP contribution < -0.4 is 5.32 Å². The molecule has 0 unspecified atom stereocenters. The molecule has 0 saturated heterocycles. The molecule has 2 aromatic rings. The summed E-state index contributed by atoms with van der Waals surface area (Å²) in [5.41, 5.74) is -0.226. The maximum Gasteiger partial charge on any atom is 0.416 e. The molecule has 1 heterocycles. The van der Waals surface area contributed by atoms with Gasteiger partial charge in [0.1, 0.15) is 0 Å². The molecule has 0 atom stereocenters. The van der Waals surface area contributed by atoms with Crippen molar-refractivity contribution in [2.24, 2.45) is 5.92 Å². The number of alkyl halides is 3. The molecule has 21 heavy (non-hydrogen) atoms. The highest BCUT2D eigenvalue weighted by atomic mass is 32.1. The summed E-state index contributed by atoms with van der Waals surface area (Å²) in [6, 6.07) is 3.73. The van der Waals surface area contributed by atoms with E-state index in [1.807, 2.05) is 0 Å². The summed E-state index contributed by atoms with van der Waals surface area (Å²) in [7, 11) is 0. The van der Waals surface area contributed by atoms with Gasteiger partial charge in [-0.3, -0.25) is 0 Å². The van der Waals surface area contributed by atoms with Gasteiger partial charge in [-0.1, -0.05) is 37.0 Å². The first-order chi connectivity index (χ1) is 10.0. The Labute approximate surface area is 125 Å². The van der Waals surface area contributed by atoms with Crippen LogP contribution in [0.25, 0.3) is 10.2 Å². The van der Waals surface area contributed by atoms with Crippen LogP contribution in [0.2, 0.25) is 0 Å². The number of thiazole rings is 1. The van der Waals surface area contributed by atoms with Crippen molar-refractivity contribution >= 4 is 26.7 Å². The van der Waals surface area contributed by atoms with E-state index in [9.17, 15) is 13.2 Å². The van der Waals surface area contributed by atoms with Crippen molar-refractivity contribution in [2.45, 2.75) is 38.3 Å². The van der Waals surface area contributed by atoms with E-state index in [2.05, 4.69) is 10.3 Å². The summed E-state index contributed by atoms with van der Waals surface area (Å²) in [4.78, 5) is 4.26. The fraction of sp³-hybridized carbons (Fsp3) is 0.533. The number of halogens is 3. The lowest BCUT2D eigenvalue weighted by Gasteiger charge is -2.08. The SMILES string of the molecule is FC(F)(F)c1ccc2sc(NCCC3CCCC3)nc2c1. The van der Waals surface area contributed by atoms with Crippen molar-refractivity contribution in [2.75, 3.05) is 11.9 Å². The summed E-state index contributed by atoms with van der Waals surface area (Å²) in [6.07, 6.45) is 2.06. The molecule has 2 nitrogen and oxygen atoms in total. The van der Waals surface area contributed by atoms with E-state index in [4.69, 9.17) is 0 Å². The van der Waals surface area contributed by atoms with Crippen LogP contribution in [0.5, 0.6) is 0 Å². The summed E-state index contributed by atoms with van der Waals surface area (Å²) in [6.45, 7) is 0.844. The summed E-state index contributed by atoms with van der Waals surface area (Å²) in [5, 5.41) is 3.96. The Morgan fingerprint density at radius 1 is 1.24 bits per heavy atom. The van der Waals surface area contributed by atoms with Gasteiger partial charge >= 0.3 is 6.18 Å². The molecular formula is C15H17F3N2S. The molecule has 1 aromatic heterocycles. The van der Waals surface area contributed by atoms with E-state index < -0.39 is 11.7 Å². The fourth-order valence-corrected chi connectivity index (χ4v) is 3.73. The van der Waals surface area contributed by atoms with Crippen molar-refractivity contribution in [1.29, 1.82) is 0 Å². The Balaban J connectivity index is 1.66. The van der Waals surface area contributed by atoms with Crippen LogP contribution in [-0.4, -0.2) is 11.5 Å². The van der Waals surface area contributed by atoms with Crippen LogP contribution in [0, 0.1) is 5.92 Å². The summed E-state index contributed by atoms with van der Waals surface area (Å²) in [5.74, 6) is 0.795. The standard InChI is InChI=1S/C15H17F3N2S/c16-15(17,18)11-5-6-13-12(9-11)20-14(21-13)19-8-7-10-3-1-2-4-10/h5-6,9-10H,1-4,7-8H2,(H,19,20). The molecule has 0 spiro atoms. The molecule has 3 rings (SSSR count). The number of hydrogen-bond acceptors (Lipinski definition) is 3. The zero-order chi connectivity index (χ0) is 14.9. The van der Waals surface area contributed by atoms with Crippen molar-refractivity contribution in [3.05, 3.63) is 23.8 Å². The number of hydrogen-bond donors (Lipinski definition) is 1. The van der Waals surface area contributed by atoms with Gasteiger partial charge in [-0.25, -0.2) is 4.98 Å². The highest BCUT2D eigenvalue weighted by Crippen LogP contribution is 2.34. The smallest absolute Gasteiger partial charge is 0.361 e. The minimum absolute atomic E-state index is 0.415. The van der Waals surface area contributed by atoms with Gasteiger partial charge in [-0.2, -0.15) is 13.2 Å². The molecular weight excluding hydrogens is 297 g/mol. The number of benzene rings is 1. The predicted octanol–water partition coefficient (Wildman–Crippen LogP) is 5.31. The van der Waals surface area contributed by atoms with Gasteiger partial charge in [0.25, 0.3) is 0 Å². The van der Waals surface area contributed by atoms with Gasteiger partial charge in [0.2, 0.25) is 0 Å². The van der Waals surface area contributed by atoms with Gasteiger partial charge in [-0.05, 0) is 30.5 Å². The van der Waals surface area contributed by atoms with E-state index in [1.165, 1.54) is 43.1 Å². The molecule has 1 aromatic carbocycles. The van der Waals surface area contributed by atoms with Crippen molar-refractivity contribution in [3.63, 3.8) is 0 Å². The number of anilines is 1. The molecule has 0 amide bonds. The number of aromatic nitrogens is 1. The Bertz CT molecular complexity index is 615. The van der Waals surface area contributed by atoms with Crippen molar-refractivity contribution in [3.8, 4) is 0 Å². The number of nitrogens with zero attached hydrogens (tertiary/aromatic N) is 1. The van der Waals surface area contributed by atoms with Gasteiger partial charge < -0.3 is 5.32 Å². The van der Waals surface area contributed by atoms with Crippen LogP contribution in [-0.2, 0) is 6.18 Å². The van der Waals surface area contributed by atoms with Crippen LogP contribution in [0.1, 0.15) is 37.7 Å². The average Bonchev–Trinajstić information content (AvgIpc) is 3.05. The summed E-state index contributed by atoms with van der Waals surface area (Å²) >= 11 is 1.41. The first-order valence-electron chi connectivity index (χ1n) is 7.24. The predicted molar refractivity (Wildman–Crippen MR) is 79.7 cm³/mol. The average molecular weight is 314 g/mol. The van der Waals surface area contributed by atoms with Gasteiger partial charge in [0, 0.05) is 6.54 Å².